The molecule has 4 heterocycles. The molecule has 0 amide bonds. The molecule has 54 heavy (non-hydrogen) atoms. The highest BCUT2D eigenvalue weighted by molar-refractivity contribution is 7.90. The molecule has 9 heteroatoms. The van der Waals surface area contributed by atoms with Gasteiger partial charge in [-0.25, -0.2) is 23.4 Å². The Morgan fingerprint density at radius 3 is 1.70 bits per heavy atom. The Morgan fingerprint density at radius 1 is 0.519 bits per heavy atom. The summed E-state index contributed by atoms with van der Waals surface area (Å²) in [4.78, 5) is 16.1. The zero-order chi connectivity index (χ0) is 36.9. The maximum absolute atomic E-state index is 12.3. The summed E-state index contributed by atoms with van der Waals surface area (Å²) in [5.74, 6) is 0.527. The molecule has 10 aromatic rings. The summed E-state index contributed by atoms with van der Waals surface area (Å²) in [5, 5.41) is 6.96. The van der Waals surface area contributed by atoms with Crippen LogP contribution in [0.2, 0.25) is 19.6 Å². The van der Waals surface area contributed by atoms with E-state index in [0.29, 0.717) is 11.6 Å². The van der Waals surface area contributed by atoms with Gasteiger partial charge in [-0.05, 0) is 47.9 Å². The number of hydrogen-bond acceptors (Lipinski definition) is 5. The summed E-state index contributed by atoms with van der Waals surface area (Å²) in [6, 6.07) is 47.5. The lowest BCUT2D eigenvalue weighted by Crippen LogP contribution is -2.37. The predicted octanol–water partition coefficient (Wildman–Crippen LogP) is 9.96. The minimum atomic E-state index is -3.36. The standard InChI is InChI=1S/C45H35N5O2SSi/c1-53(51,52)30-21-17-28(18-22-30)37-26-38(29-19-23-31(24-20-29)54(2,3)4)48-45(47-37)50-41-16-10-8-13-34(41)36-25-39-43(27-42(36)50)49-40-15-9-7-12-33(40)32-11-5-6-14-35(32)44(49)46-39/h5-27H,1-4H3. The molecular formula is C45H35N5O2SSi. The average Bonchev–Trinajstić information content (AvgIpc) is 3.72. The normalized spacial score (nSPS) is 12.6. The number of fused-ring (bicyclic) bond motifs is 11. The number of nitrogens with zero attached hydrogens (tertiary/aromatic N) is 5. The molecule has 0 N–H and O–H groups in total. The Labute approximate surface area is 313 Å². The van der Waals surface area contributed by atoms with Crippen LogP contribution in [0, 0.1) is 0 Å². The van der Waals surface area contributed by atoms with Gasteiger partial charge in [-0.1, -0.05) is 122 Å². The van der Waals surface area contributed by atoms with Crippen molar-refractivity contribution >= 4 is 83.3 Å². The summed E-state index contributed by atoms with van der Waals surface area (Å²) in [6.07, 6.45) is 1.22. The van der Waals surface area contributed by atoms with Crippen LogP contribution in [-0.4, -0.2) is 46.7 Å². The van der Waals surface area contributed by atoms with E-state index >= 15 is 0 Å². The zero-order valence-corrected chi connectivity index (χ0v) is 32.1. The topological polar surface area (TPSA) is 82.1 Å². The third-order valence-corrected chi connectivity index (χ3v) is 13.8. The van der Waals surface area contributed by atoms with Crippen molar-refractivity contribution in [3.05, 3.63) is 140 Å². The fraction of sp³-hybridized carbons (Fsp3) is 0.0889. The van der Waals surface area contributed by atoms with Crippen molar-refractivity contribution in [2.75, 3.05) is 6.26 Å². The summed E-state index contributed by atoms with van der Waals surface area (Å²) in [5.41, 5.74) is 9.13. The molecule has 10 rings (SSSR count). The smallest absolute Gasteiger partial charge is 0.235 e. The quantitative estimate of drug-likeness (QED) is 0.130. The highest BCUT2D eigenvalue weighted by atomic mass is 32.2. The molecule has 0 bridgehead atoms. The Morgan fingerprint density at radius 2 is 1.07 bits per heavy atom. The lowest BCUT2D eigenvalue weighted by Gasteiger charge is -2.17. The van der Waals surface area contributed by atoms with E-state index in [1.54, 1.807) is 12.1 Å². The second kappa shape index (κ2) is 11.7. The van der Waals surface area contributed by atoms with Crippen molar-refractivity contribution < 1.29 is 8.42 Å². The van der Waals surface area contributed by atoms with Crippen LogP contribution in [0.5, 0.6) is 0 Å². The van der Waals surface area contributed by atoms with E-state index in [9.17, 15) is 8.42 Å². The third kappa shape index (κ3) is 5.07. The van der Waals surface area contributed by atoms with Gasteiger partial charge in [0.2, 0.25) is 5.95 Å². The van der Waals surface area contributed by atoms with E-state index in [4.69, 9.17) is 15.0 Å². The predicted molar refractivity (Wildman–Crippen MR) is 225 cm³/mol. The molecule has 6 aromatic carbocycles. The number of sulfone groups is 1. The van der Waals surface area contributed by atoms with Crippen molar-refractivity contribution in [1.82, 2.24) is 23.9 Å². The second-order valence-corrected chi connectivity index (χ2v) is 22.2. The van der Waals surface area contributed by atoms with Gasteiger partial charge in [-0.15, -0.1) is 0 Å². The van der Waals surface area contributed by atoms with E-state index in [0.717, 1.165) is 66.2 Å². The largest absolute Gasteiger partial charge is 0.292 e. The highest BCUT2D eigenvalue weighted by Gasteiger charge is 2.22. The van der Waals surface area contributed by atoms with Gasteiger partial charge in [0.05, 0.1) is 51.9 Å². The van der Waals surface area contributed by atoms with Gasteiger partial charge in [-0.3, -0.25) is 8.97 Å². The molecule has 0 radical (unpaired) electrons. The Kier molecular flexibility index (Phi) is 7.02. The van der Waals surface area contributed by atoms with Crippen LogP contribution in [0.15, 0.2) is 144 Å². The first-order valence-electron chi connectivity index (χ1n) is 18.0. The maximum atomic E-state index is 12.3. The van der Waals surface area contributed by atoms with Gasteiger partial charge < -0.3 is 0 Å². The molecule has 0 fully saturated rings. The zero-order valence-electron chi connectivity index (χ0n) is 30.2. The second-order valence-electron chi connectivity index (χ2n) is 15.1. The Balaban J connectivity index is 1.28. The summed E-state index contributed by atoms with van der Waals surface area (Å²) >= 11 is 0. The van der Waals surface area contributed by atoms with Crippen LogP contribution >= 0.6 is 0 Å². The van der Waals surface area contributed by atoms with Crippen molar-refractivity contribution in [2.45, 2.75) is 24.5 Å². The fourth-order valence-corrected chi connectivity index (χ4v) is 9.63. The van der Waals surface area contributed by atoms with Gasteiger partial charge in [-0.2, -0.15) is 0 Å². The van der Waals surface area contributed by atoms with E-state index in [1.807, 2.05) is 24.3 Å². The minimum absolute atomic E-state index is 0.266. The first-order valence-corrected chi connectivity index (χ1v) is 23.4. The number of pyridine rings is 1. The molecule has 0 atom stereocenters. The van der Waals surface area contributed by atoms with Crippen molar-refractivity contribution in [1.29, 1.82) is 0 Å². The molecule has 0 spiro atoms. The highest BCUT2D eigenvalue weighted by Crippen LogP contribution is 2.38. The lowest BCUT2D eigenvalue weighted by molar-refractivity contribution is 0.602. The van der Waals surface area contributed by atoms with Crippen LogP contribution in [0.25, 0.3) is 88.6 Å². The van der Waals surface area contributed by atoms with Crippen LogP contribution < -0.4 is 5.19 Å². The summed E-state index contributed by atoms with van der Waals surface area (Å²) < 4.78 is 29.1. The molecule has 262 valence electrons. The Bertz CT molecular complexity index is 3270. The SMILES string of the molecule is C[Si](C)(C)c1ccc(-c2cc(-c3ccc(S(C)(=O)=O)cc3)nc(-n3c4ccccc4c4cc5nc6c7ccccc7c7ccccc7n6c5cc43)n2)cc1. The molecule has 0 saturated heterocycles. The number of benzene rings is 6. The number of rotatable bonds is 5. The molecular weight excluding hydrogens is 703 g/mol. The van der Waals surface area contributed by atoms with E-state index in [1.165, 1.54) is 22.2 Å². The molecule has 4 aromatic heterocycles. The Hall–Kier alpha value is -6.16. The lowest BCUT2D eigenvalue weighted by atomic mass is 10.1. The minimum Gasteiger partial charge on any atom is -0.292 e. The van der Waals surface area contributed by atoms with Crippen molar-refractivity contribution in [3.8, 4) is 28.5 Å². The van der Waals surface area contributed by atoms with Crippen LogP contribution in [-0.2, 0) is 9.84 Å². The van der Waals surface area contributed by atoms with Gasteiger partial charge in [0.15, 0.2) is 9.84 Å². The monoisotopic (exact) mass is 737 g/mol. The van der Waals surface area contributed by atoms with Gasteiger partial charge in [0, 0.05) is 38.9 Å². The van der Waals surface area contributed by atoms with E-state index in [-0.39, 0.29) is 4.90 Å². The number of imidazole rings is 1. The van der Waals surface area contributed by atoms with Crippen LogP contribution in [0.1, 0.15) is 0 Å². The van der Waals surface area contributed by atoms with Crippen LogP contribution in [0.3, 0.4) is 0 Å². The molecule has 0 aliphatic heterocycles. The molecule has 0 unspecified atom stereocenters. The number of para-hydroxylation sites is 2. The summed E-state index contributed by atoms with van der Waals surface area (Å²) in [6.45, 7) is 7.03. The number of aromatic nitrogens is 5. The molecule has 0 aliphatic rings. The molecule has 7 nitrogen and oxygen atoms in total. The molecule has 0 saturated carbocycles. The first-order chi connectivity index (χ1) is 26.0. The number of hydrogen-bond donors (Lipinski definition) is 0. The van der Waals surface area contributed by atoms with Gasteiger partial charge >= 0.3 is 0 Å². The van der Waals surface area contributed by atoms with E-state index < -0.39 is 17.9 Å². The maximum Gasteiger partial charge on any atom is 0.235 e. The van der Waals surface area contributed by atoms with Crippen molar-refractivity contribution in [2.24, 2.45) is 0 Å². The van der Waals surface area contributed by atoms with Crippen LogP contribution in [0.4, 0.5) is 0 Å². The van der Waals surface area contributed by atoms with Gasteiger partial charge in [0.1, 0.15) is 5.65 Å². The average molecular weight is 738 g/mol. The molecule has 0 aliphatic carbocycles. The van der Waals surface area contributed by atoms with Crippen molar-refractivity contribution in [3.63, 3.8) is 0 Å². The first kappa shape index (κ1) is 32.5. The summed E-state index contributed by atoms with van der Waals surface area (Å²) in [7, 11) is -4.88. The van der Waals surface area contributed by atoms with Gasteiger partial charge in [0.25, 0.3) is 0 Å². The van der Waals surface area contributed by atoms with E-state index in [2.05, 4.69) is 132 Å². The fourth-order valence-electron chi connectivity index (χ4n) is 7.83. The third-order valence-electron chi connectivity index (χ3n) is 10.6.